The maximum Gasteiger partial charge on any atom is 0.127 e. The minimum atomic E-state index is -0.980. The van der Waals surface area contributed by atoms with Gasteiger partial charge in [-0.15, -0.1) is 0 Å². The predicted octanol–water partition coefficient (Wildman–Crippen LogP) is 4.85. The summed E-state index contributed by atoms with van der Waals surface area (Å²) in [6, 6.07) is 26.2. The van der Waals surface area contributed by atoms with Crippen LogP contribution in [0, 0.1) is 5.92 Å². The van der Waals surface area contributed by atoms with Gasteiger partial charge in [0, 0.05) is 18.2 Å². The summed E-state index contributed by atoms with van der Waals surface area (Å²) in [6.07, 6.45) is 1.86. The maximum absolute atomic E-state index is 12.0. The van der Waals surface area contributed by atoms with Gasteiger partial charge in [-0.3, -0.25) is 4.90 Å². The largest absolute Gasteiger partial charge is 0.497 e. The van der Waals surface area contributed by atoms with Crippen molar-refractivity contribution < 1.29 is 14.6 Å². The number of piperidine rings is 1. The van der Waals surface area contributed by atoms with E-state index in [1.165, 1.54) is 0 Å². The van der Waals surface area contributed by atoms with Gasteiger partial charge in [0.25, 0.3) is 0 Å². The molecule has 0 bridgehead atoms. The predicted molar refractivity (Wildman–Crippen MR) is 123 cm³/mol. The highest BCUT2D eigenvalue weighted by molar-refractivity contribution is 5.41. The number of rotatable bonds is 7. The highest BCUT2D eigenvalue weighted by Gasteiger charge is 2.41. The molecule has 0 aromatic heterocycles. The third-order valence-electron chi connectivity index (χ3n) is 6.49. The van der Waals surface area contributed by atoms with E-state index in [-0.39, 0.29) is 5.92 Å². The molecule has 0 unspecified atom stereocenters. The number of benzene rings is 3. The topological polar surface area (TPSA) is 41.9 Å². The van der Waals surface area contributed by atoms with Crippen LogP contribution in [0.1, 0.15) is 29.5 Å². The summed E-state index contributed by atoms with van der Waals surface area (Å²) in [5.74, 6) is 1.81. The van der Waals surface area contributed by atoms with Gasteiger partial charge < -0.3 is 14.6 Å². The van der Waals surface area contributed by atoms with Crippen LogP contribution in [0.25, 0.3) is 0 Å². The molecule has 31 heavy (non-hydrogen) atoms. The summed E-state index contributed by atoms with van der Waals surface area (Å²) in [4.78, 5) is 2.44. The van der Waals surface area contributed by atoms with Crippen LogP contribution in [0.4, 0.5) is 0 Å². The van der Waals surface area contributed by atoms with Crippen molar-refractivity contribution in [3.05, 3.63) is 95.6 Å². The molecule has 4 rings (SSSR count). The van der Waals surface area contributed by atoms with E-state index in [0.717, 1.165) is 60.7 Å². The lowest BCUT2D eigenvalue weighted by molar-refractivity contribution is -0.0153. The van der Waals surface area contributed by atoms with E-state index in [9.17, 15) is 5.11 Å². The van der Waals surface area contributed by atoms with Crippen LogP contribution in [0.15, 0.2) is 78.9 Å². The van der Waals surface area contributed by atoms with Crippen LogP contribution in [0.3, 0.4) is 0 Å². The maximum atomic E-state index is 12.0. The first-order valence-corrected chi connectivity index (χ1v) is 10.9. The van der Waals surface area contributed by atoms with E-state index < -0.39 is 5.60 Å². The molecule has 3 aromatic carbocycles. The molecule has 0 spiro atoms. The van der Waals surface area contributed by atoms with Crippen molar-refractivity contribution in [3.8, 4) is 11.5 Å². The molecule has 0 atom stereocenters. The Morgan fingerprint density at radius 2 is 1.42 bits per heavy atom. The van der Waals surface area contributed by atoms with Gasteiger partial charge in [-0.2, -0.15) is 0 Å². The number of nitrogens with zero attached hydrogens (tertiary/aromatic N) is 1. The average molecular weight is 418 g/mol. The lowest BCUT2D eigenvalue weighted by atomic mass is 9.72. The SMILES string of the molecule is COc1ccc(CN2CCC(C(O)(c3ccccc3)c3ccccc3)CC2)c(OC)c1. The minimum Gasteiger partial charge on any atom is -0.497 e. The molecule has 1 heterocycles. The zero-order chi connectivity index (χ0) is 21.7. The third kappa shape index (κ3) is 4.46. The number of ether oxygens (including phenoxy) is 2. The first-order chi connectivity index (χ1) is 15.1. The lowest BCUT2D eigenvalue weighted by Gasteiger charge is -2.42. The molecule has 3 aromatic rings. The zero-order valence-corrected chi connectivity index (χ0v) is 18.3. The molecule has 0 amide bonds. The average Bonchev–Trinajstić information content (AvgIpc) is 2.85. The fourth-order valence-corrected chi connectivity index (χ4v) is 4.75. The Labute approximate surface area is 185 Å². The molecule has 0 saturated carbocycles. The number of methoxy groups -OCH3 is 2. The standard InChI is InChI=1S/C27H31NO3/c1-30-25-14-13-21(26(19-25)31-2)20-28-17-15-24(16-18-28)27(29,22-9-5-3-6-10-22)23-11-7-4-8-12-23/h3-14,19,24,29H,15-18,20H2,1-2H3. The smallest absolute Gasteiger partial charge is 0.127 e. The molecule has 4 nitrogen and oxygen atoms in total. The molecule has 162 valence electrons. The molecular weight excluding hydrogens is 386 g/mol. The van der Waals surface area contributed by atoms with Crippen LogP contribution < -0.4 is 9.47 Å². The van der Waals surface area contributed by atoms with Gasteiger partial charge in [0.05, 0.1) is 14.2 Å². The van der Waals surface area contributed by atoms with Crippen molar-refractivity contribution in [2.75, 3.05) is 27.3 Å². The monoisotopic (exact) mass is 417 g/mol. The molecule has 0 aliphatic carbocycles. The van der Waals surface area contributed by atoms with Gasteiger partial charge in [0.1, 0.15) is 17.1 Å². The Morgan fingerprint density at radius 3 is 1.94 bits per heavy atom. The molecule has 0 radical (unpaired) electrons. The number of hydrogen-bond acceptors (Lipinski definition) is 4. The van der Waals surface area contributed by atoms with Crippen LogP contribution in [-0.2, 0) is 12.1 Å². The van der Waals surface area contributed by atoms with Gasteiger partial charge in [0.2, 0.25) is 0 Å². The van der Waals surface area contributed by atoms with Crippen LogP contribution in [-0.4, -0.2) is 37.3 Å². The summed E-state index contributed by atoms with van der Waals surface area (Å²) >= 11 is 0. The Morgan fingerprint density at radius 1 is 0.839 bits per heavy atom. The van der Waals surface area contributed by atoms with E-state index in [2.05, 4.69) is 11.0 Å². The van der Waals surface area contributed by atoms with E-state index in [1.54, 1.807) is 14.2 Å². The van der Waals surface area contributed by atoms with Crippen molar-refractivity contribution in [1.29, 1.82) is 0 Å². The fourth-order valence-electron chi connectivity index (χ4n) is 4.75. The zero-order valence-electron chi connectivity index (χ0n) is 18.3. The van der Waals surface area contributed by atoms with Crippen molar-refractivity contribution >= 4 is 0 Å². The second kappa shape index (κ2) is 9.54. The number of likely N-dealkylation sites (tertiary alicyclic amines) is 1. The van der Waals surface area contributed by atoms with Crippen LogP contribution in [0.5, 0.6) is 11.5 Å². The normalized spacial score (nSPS) is 15.6. The molecule has 1 fully saturated rings. The highest BCUT2D eigenvalue weighted by Crippen LogP contribution is 2.42. The van der Waals surface area contributed by atoms with Crippen molar-refractivity contribution in [2.45, 2.75) is 25.0 Å². The lowest BCUT2D eigenvalue weighted by Crippen LogP contribution is -2.44. The minimum absolute atomic E-state index is 0.159. The fraction of sp³-hybridized carbons (Fsp3) is 0.333. The van der Waals surface area contributed by atoms with Crippen LogP contribution in [0.2, 0.25) is 0 Å². The first kappa shape index (κ1) is 21.4. The second-order valence-electron chi connectivity index (χ2n) is 8.23. The number of aliphatic hydroxyl groups is 1. The van der Waals surface area contributed by atoms with Crippen molar-refractivity contribution in [2.24, 2.45) is 5.92 Å². The van der Waals surface area contributed by atoms with E-state index in [1.807, 2.05) is 72.8 Å². The summed E-state index contributed by atoms with van der Waals surface area (Å²) in [5.41, 5.74) is 2.11. The Hall–Kier alpha value is -2.82. The van der Waals surface area contributed by atoms with Gasteiger partial charge in [-0.25, -0.2) is 0 Å². The summed E-state index contributed by atoms with van der Waals surface area (Å²) in [5, 5.41) is 12.0. The summed E-state index contributed by atoms with van der Waals surface area (Å²) in [7, 11) is 3.37. The summed E-state index contributed by atoms with van der Waals surface area (Å²) in [6.45, 7) is 2.69. The highest BCUT2D eigenvalue weighted by atomic mass is 16.5. The van der Waals surface area contributed by atoms with Gasteiger partial charge in [0.15, 0.2) is 0 Å². The van der Waals surface area contributed by atoms with Crippen molar-refractivity contribution in [1.82, 2.24) is 4.90 Å². The van der Waals surface area contributed by atoms with Crippen LogP contribution >= 0.6 is 0 Å². The first-order valence-electron chi connectivity index (χ1n) is 10.9. The number of hydrogen-bond donors (Lipinski definition) is 1. The van der Waals surface area contributed by atoms with Gasteiger partial charge in [-0.05, 0) is 49.0 Å². The second-order valence-corrected chi connectivity index (χ2v) is 8.23. The third-order valence-corrected chi connectivity index (χ3v) is 6.49. The van der Waals surface area contributed by atoms with E-state index >= 15 is 0 Å². The molecular formula is C27H31NO3. The molecule has 1 aliphatic heterocycles. The molecule has 1 N–H and O–H groups in total. The molecule has 4 heteroatoms. The van der Waals surface area contributed by atoms with Gasteiger partial charge >= 0.3 is 0 Å². The Kier molecular flexibility index (Phi) is 6.59. The van der Waals surface area contributed by atoms with Crippen molar-refractivity contribution in [3.63, 3.8) is 0 Å². The van der Waals surface area contributed by atoms with E-state index in [0.29, 0.717) is 0 Å². The quantitative estimate of drug-likeness (QED) is 0.597. The molecule has 1 saturated heterocycles. The Bertz CT molecular complexity index is 927. The van der Waals surface area contributed by atoms with Gasteiger partial charge in [-0.1, -0.05) is 66.7 Å². The van der Waals surface area contributed by atoms with E-state index in [4.69, 9.17) is 9.47 Å². The summed E-state index contributed by atoms with van der Waals surface area (Å²) < 4.78 is 10.9. The molecule has 1 aliphatic rings. The Balaban J connectivity index is 1.51.